The van der Waals surface area contributed by atoms with Crippen LogP contribution in [0.1, 0.15) is 11.1 Å². The predicted molar refractivity (Wildman–Crippen MR) is 115 cm³/mol. The number of hydrogen-bond donors (Lipinski definition) is 1. The number of nitrogens with zero attached hydrogens (tertiary/aromatic N) is 4. The van der Waals surface area contributed by atoms with Crippen LogP contribution in [-0.2, 0) is 11.2 Å². The third kappa shape index (κ3) is 4.81. The minimum absolute atomic E-state index is 0.00431. The molecule has 0 saturated heterocycles. The molecule has 0 aliphatic carbocycles. The third-order valence-corrected chi connectivity index (χ3v) is 5.40. The number of carbonyl (C=O) groups is 1. The quantitative estimate of drug-likeness (QED) is 0.478. The number of thioether (sulfide) groups is 1. The summed E-state index contributed by atoms with van der Waals surface area (Å²) in [5.41, 5.74) is 4.03. The van der Waals surface area contributed by atoms with Crippen molar-refractivity contribution in [1.29, 1.82) is 0 Å². The number of fused-ring (bicyclic) bond motifs is 1. The van der Waals surface area contributed by atoms with Crippen LogP contribution >= 0.6 is 11.8 Å². The number of hydrogen-bond acceptors (Lipinski definition) is 5. The molecule has 2 aromatic carbocycles. The normalized spacial score (nSPS) is 10.9. The van der Waals surface area contributed by atoms with Gasteiger partial charge in [0.1, 0.15) is 5.03 Å². The summed E-state index contributed by atoms with van der Waals surface area (Å²) in [5.74, 6) is 1.00. The van der Waals surface area contributed by atoms with Gasteiger partial charge in [0, 0.05) is 12.1 Å². The zero-order chi connectivity index (χ0) is 20.1. The first-order valence-electron chi connectivity index (χ1n) is 9.42. The highest BCUT2D eigenvalue weighted by atomic mass is 32.2. The van der Waals surface area contributed by atoms with Crippen molar-refractivity contribution in [3.8, 4) is 11.4 Å². The molecule has 1 N–H and O–H groups in total. The summed E-state index contributed by atoms with van der Waals surface area (Å²) in [6.07, 6.45) is 0.821. The lowest BCUT2D eigenvalue weighted by Gasteiger charge is -2.06. The van der Waals surface area contributed by atoms with E-state index >= 15 is 0 Å². The van der Waals surface area contributed by atoms with Gasteiger partial charge in [-0.05, 0) is 31.0 Å². The summed E-state index contributed by atoms with van der Waals surface area (Å²) in [6, 6.07) is 21.9. The second-order valence-corrected chi connectivity index (χ2v) is 7.70. The Bertz CT molecular complexity index is 1110. The molecule has 4 rings (SSSR count). The molecule has 6 nitrogen and oxygen atoms in total. The highest BCUT2D eigenvalue weighted by molar-refractivity contribution is 7.99. The first-order valence-corrected chi connectivity index (χ1v) is 10.4. The van der Waals surface area contributed by atoms with E-state index in [4.69, 9.17) is 0 Å². The van der Waals surface area contributed by atoms with Crippen molar-refractivity contribution in [2.45, 2.75) is 18.4 Å². The van der Waals surface area contributed by atoms with Gasteiger partial charge in [-0.2, -0.15) is 9.61 Å². The maximum atomic E-state index is 12.1. The number of rotatable bonds is 7. The Balaban J connectivity index is 1.37. The summed E-state index contributed by atoms with van der Waals surface area (Å²) in [7, 11) is 0. The fourth-order valence-electron chi connectivity index (χ4n) is 2.91. The van der Waals surface area contributed by atoms with Crippen LogP contribution in [0.15, 0.2) is 71.8 Å². The summed E-state index contributed by atoms with van der Waals surface area (Å²) < 4.78 is 1.72. The number of aryl methyl sites for hydroxylation is 1. The maximum Gasteiger partial charge on any atom is 0.230 e. The standard InChI is InChI=1S/C22H21N5OS/c1-16-7-9-18(10-8-16)22-25-24-19-11-12-21(26-27(19)22)29-15-20(28)23-14-13-17-5-3-2-4-6-17/h2-12H,13-15H2,1H3,(H,23,28). The lowest BCUT2D eigenvalue weighted by Crippen LogP contribution is -2.27. The van der Waals surface area contributed by atoms with Crippen LogP contribution in [0, 0.1) is 6.92 Å². The van der Waals surface area contributed by atoms with E-state index in [-0.39, 0.29) is 5.91 Å². The third-order valence-electron chi connectivity index (χ3n) is 4.48. The number of nitrogens with one attached hydrogen (secondary N) is 1. The Hall–Kier alpha value is -3.19. The molecule has 0 saturated carbocycles. The number of benzene rings is 2. The molecule has 2 aromatic heterocycles. The lowest BCUT2D eigenvalue weighted by atomic mass is 10.1. The van der Waals surface area contributed by atoms with Crippen molar-refractivity contribution in [3.05, 3.63) is 77.9 Å². The van der Waals surface area contributed by atoms with Crippen molar-refractivity contribution in [2.24, 2.45) is 0 Å². The largest absolute Gasteiger partial charge is 0.355 e. The van der Waals surface area contributed by atoms with Crippen LogP contribution in [0.25, 0.3) is 17.0 Å². The molecule has 0 fully saturated rings. The van der Waals surface area contributed by atoms with Gasteiger partial charge in [-0.25, -0.2) is 0 Å². The predicted octanol–water partition coefficient (Wildman–Crippen LogP) is 3.55. The van der Waals surface area contributed by atoms with Gasteiger partial charge in [0.2, 0.25) is 5.91 Å². The smallest absolute Gasteiger partial charge is 0.230 e. The van der Waals surface area contributed by atoms with Crippen molar-refractivity contribution in [2.75, 3.05) is 12.3 Å². The van der Waals surface area contributed by atoms with Crippen LogP contribution < -0.4 is 5.32 Å². The summed E-state index contributed by atoms with van der Waals surface area (Å²) in [4.78, 5) is 12.1. The van der Waals surface area contributed by atoms with Gasteiger partial charge >= 0.3 is 0 Å². The molecule has 0 aliphatic rings. The molecule has 0 unspecified atom stereocenters. The first kappa shape index (κ1) is 19.1. The topological polar surface area (TPSA) is 72.2 Å². The van der Waals surface area contributed by atoms with Gasteiger partial charge in [-0.3, -0.25) is 4.79 Å². The Kier molecular flexibility index (Phi) is 5.86. The Labute approximate surface area is 173 Å². The Morgan fingerprint density at radius 2 is 1.79 bits per heavy atom. The van der Waals surface area contributed by atoms with Gasteiger partial charge in [-0.1, -0.05) is 71.9 Å². The van der Waals surface area contributed by atoms with Gasteiger partial charge in [-0.15, -0.1) is 10.2 Å². The van der Waals surface area contributed by atoms with E-state index in [9.17, 15) is 4.79 Å². The minimum atomic E-state index is -0.00431. The number of aromatic nitrogens is 4. The van der Waals surface area contributed by atoms with Gasteiger partial charge in [0.15, 0.2) is 11.5 Å². The summed E-state index contributed by atoms with van der Waals surface area (Å²) in [5, 5.41) is 16.8. The van der Waals surface area contributed by atoms with E-state index in [1.165, 1.54) is 22.9 Å². The molecule has 2 heterocycles. The zero-order valence-corrected chi connectivity index (χ0v) is 16.9. The molecule has 0 aliphatic heterocycles. The van der Waals surface area contributed by atoms with Gasteiger partial charge in [0.25, 0.3) is 0 Å². The average molecular weight is 404 g/mol. The van der Waals surface area contributed by atoms with Crippen LogP contribution in [-0.4, -0.2) is 38.0 Å². The maximum absolute atomic E-state index is 12.1. The lowest BCUT2D eigenvalue weighted by molar-refractivity contribution is -0.118. The van der Waals surface area contributed by atoms with E-state index in [0.29, 0.717) is 23.8 Å². The van der Waals surface area contributed by atoms with Crippen molar-refractivity contribution >= 4 is 23.3 Å². The second kappa shape index (κ2) is 8.87. The van der Waals surface area contributed by atoms with E-state index < -0.39 is 0 Å². The van der Waals surface area contributed by atoms with Crippen LogP contribution in [0.3, 0.4) is 0 Å². The van der Waals surface area contributed by atoms with E-state index in [1.807, 2.05) is 61.5 Å². The highest BCUT2D eigenvalue weighted by Gasteiger charge is 2.11. The average Bonchev–Trinajstić information content (AvgIpc) is 3.17. The summed E-state index contributed by atoms with van der Waals surface area (Å²) in [6.45, 7) is 2.67. The molecule has 0 radical (unpaired) electrons. The van der Waals surface area contributed by atoms with Gasteiger partial charge < -0.3 is 5.32 Å². The molecule has 4 aromatic rings. The van der Waals surface area contributed by atoms with Crippen molar-refractivity contribution < 1.29 is 4.79 Å². The monoisotopic (exact) mass is 403 g/mol. The van der Waals surface area contributed by atoms with Crippen molar-refractivity contribution in [3.63, 3.8) is 0 Å². The first-order chi connectivity index (χ1) is 14.2. The fraction of sp³-hybridized carbons (Fsp3) is 0.182. The molecular weight excluding hydrogens is 382 g/mol. The Morgan fingerprint density at radius 3 is 2.59 bits per heavy atom. The summed E-state index contributed by atoms with van der Waals surface area (Å²) >= 11 is 1.40. The highest BCUT2D eigenvalue weighted by Crippen LogP contribution is 2.21. The SMILES string of the molecule is Cc1ccc(-c2nnc3ccc(SCC(=O)NCCc4ccccc4)nn23)cc1. The van der Waals surface area contributed by atoms with Crippen molar-refractivity contribution in [1.82, 2.24) is 25.1 Å². The van der Waals surface area contributed by atoms with Crippen LogP contribution in [0.2, 0.25) is 0 Å². The Morgan fingerprint density at radius 1 is 1.00 bits per heavy atom. The van der Waals surface area contributed by atoms with Gasteiger partial charge in [0.05, 0.1) is 5.75 Å². The number of amides is 1. The minimum Gasteiger partial charge on any atom is -0.355 e. The fourth-order valence-corrected chi connectivity index (χ4v) is 3.60. The molecule has 146 valence electrons. The van der Waals surface area contributed by atoms with E-state index in [2.05, 4.69) is 32.7 Å². The second-order valence-electron chi connectivity index (χ2n) is 6.71. The molecular formula is C22H21N5OS. The van der Waals surface area contributed by atoms with E-state index in [0.717, 1.165) is 17.0 Å². The van der Waals surface area contributed by atoms with Crippen LogP contribution in [0.4, 0.5) is 0 Å². The zero-order valence-electron chi connectivity index (χ0n) is 16.1. The van der Waals surface area contributed by atoms with Crippen LogP contribution in [0.5, 0.6) is 0 Å². The molecule has 0 spiro atoms. The molecule has 1 amide bonds. The molecule has 7 heteroatoms. The number of carbonyl (C=O) groups excluding carboxylic acids is 1. The molecule has 29 heavy (non-hydrogen) atoms. The molecule has 0 bridgehead atoms. The molecule has 0 atom stereocenters. The van der Waals surface area contributed by atoms with E-state index in [1.54, 1.807) is 4.52 Å².